The predicted octanol–water partition coefficient (Wildman–Crippen LogP) is 4.87. The van der Waals surface area contributed by atoms with Gasteiger partial charge in [0, 0.05) is 17.8 Å². The molecule has 210 valence electrons. The Morgan fingerprint density at radius 1 is 1.05 bits per heavy atom. The van der Waals surface area contributed by atoms with Gasteiger partial charge in [-0.05, 0) is 63.8 Å². The third kappa shape index (κ3) is 8.86. The Bertz CT molecular complexity index is 1180. The van der Waals surface area contributed by atoms with Gasteiger partial charge in [-0.2, -0.15) is 0 Å². The van der Waals surface area contributed by atoms with E-state index in [0.29, 0.717) is 23.2 Å². The number of amides is 3. The van der Waals surface area contributed by atoms with Crippen LogP contribution in [0.25, 0.3) is 0 Å². The molecule has 0 saturated heterocycles. The van der Waals surface area contributed by atoms with Crippen molar-refractivity contribution in [1.82, 2.24) is 10.2 Å². The van der Waals surface area contributed by atoms with Crippen molar-refractivity contribution in [2.45, 2.75) is 78.5 Å². The van der Waals surface area contributed by atoms with Crippen molar-refractivity contribution in [2.24, 2.45) is 0 Å². The van der Waals surface area contributed by atoms with Crippen molar-refractivity contribution in [1.29, 1.82) is 0 Å². The maximum absolute atomic E-state index is 14.0. The molecule has 0 aliphatic rings. The number of aliphatic hydroxyl groups is 1. The summed E-state index contributed by atoms with van der Waals surface area (Å²) in [5.74, 6) is 1.55. The van der Waals surface area contributed by atoms with Crippen LogP contribution in [0.4, 0.5) is 10.5 Å². The summed E-state index contributed by atoms with van der Waals surface area (Å²) in [5, 5.41) is 15.6. The third-order valence-corrected chi connectivity index (χ3v) is 6.16. The van der Waals surface area contributed by atoms with Crippen LogP contribution in [0.15, 0.2) is 42.5 Å². The summed E-state index contributed by atoms with van der Waals surface area (Å²) in [7, 11) is 0. The summed E-state index contributed by atoms with van der Waals surface area (Å²) in [4.78, 5) is 41.9. The minimum Gasteiger partial charge on any atom is -0.444 e. The summed E-state index contributed by atoms with van der Waals surface area (Å²) in [6.45, 7) is 10.4. The van der Waals surface area contributed by atoms with E-state index in [9.17, 15) is 19.5 Å². The van der Waals surface area contributed by atoms with Gasteiger partial charge in [0.1, 0.15) is 17.7 Å². The molecule has 2 aromatic rings. The number of ether oxygens (including phenoxy) is 1. The number of aryl methyl sites for hydroxylation is 2. The van der Waals surface area contributed by atoms with Crippen LogP contribution in [-0.4, -0.2) is 52.7 Å². The highest BCUT2D eigenvalue weighted by Gasteiger charge is 2.37. The second kappa shape index (κ2) is 14.4. The lowest BCUT2D eigenvalue weighted by atomic mass is 9.96. The number of hydrogen-bond acceptors (Lipinski definition) is 5. The predicted molar refractivity (Wildman–Crippen MR) is 153 cm³/mol. The Labute approximate surface area is 232 Å². The number of unbranched alkanes of at least 4 members (excludes halogenated alkanes) is 2. The number of benzene rings is 2. The average molecular weight is 536 g/mol. The molecule has 0 saturated carbocycles. The highest BCUT2D eigenvalue weighted by molar-refractivity contribution is 6.00. The molecule has 39 heavy (non-hydrogen) atoms. The first-order valence-electron chi connectivity index (χ1n) is 13.3. The van der Waals surface area contributed by atoms with Crippen LogP contribution in [0.3, 0.4) is 0 Å². The van der Waals surface area contributed by atoms with Gasteiger partial charge in [0.05, 0.1) is 6.61 Å². The average Bonchev–Trinajstić information content (AvgIpc) is 2.87. The van der Waals surface area contributed by atoms with E-state index in [4.69, 9.17) is 11.2 Å². The van der Waals surface area contributed by atoms with E-state index in [1.165, 1.54) is 4.90 Å². The molecule has 0 aliphatic carbocycles. The normalized spacial score (nSPS) is 12.6. The molecule has 2 rings (SSSR count). The van der Waals surface area contributed by atoms with E-state index in [1.807, 2.05) is 39.0 Å². The second-order valence-electron chi connectivity index (χ2n) is 10.5. The van der Waals surface area contributed by atoms with Crippen LogP contribution in [0.2, 0.25) is 0 Å². The van der Waals surface area contributed by atoms with Gasteiger partial charge in [0.25, 0.3) is 5.91 Å². The van der Waals surface area contributed by atoms with E-state index in [1.54, 1.807) is 45.0 Å². The summed E-state index contributed by atoms with van der Waals surface area (Å²) in [6, 6.07) is 10.2. The third-order valence-electron chi connectivity index (χ3n) is 6.16. The first-order chi connectivity index (χ1) is 18.4. The zero-order valence-electron chi connectivity index (χ0n) is 23.8. The number of hydrogen-bond donors (Lipinski definition) is 3. The molecule has 3 N–H and O–H groups in total. The summed E-state index contributed by atoms with van der Waals surface area (Å²) in [6.07, 6.45) is 7.27. The standard InChI is InChI=1S/C31H41N3O5/c1-8-10-13-19-34(29(37)25(20-35)32-30(38)39-31(5,6)7)27(24-18-12-11-17-23(24)9-2)28(36)33-26-21(3)15-14-16-22(26)4/h2,11-12,14-18,25,27,35H,8,10,13,19-20H2,1,3-7H3,(H,32,38)(H,33,36). The first kappa shape index (κ1) is 31.4. The van der Waals surface area contributed by atoms with Gasteiger partial charge < -0.3 is 25.4 Å². The van der Waals surface area contributed by atoms with Gasteiger partial charge in [-0.25, -0.2) is 4.79 Å². The van der Waals surface area contributed by atoms with Crippen LogP contribution >= 0.6 is 0 Å². The maximum atomic E-state index is 14.0. The minimum atomic E-state index is -1.32. The molecule has 2 atom stereocenters. The molecule has 2 aromatic carbocycles. The molecule has 2 unspecified atom stereocenters. The molecular weight excluding hydrogens is 494 g/mol. The number of para-hydroxylation sites is 1. The Hall–Kier alpha value is -3.83. The number of nitrogens with one attached hydrogen (secondary N) is 2. The van der Waals surface area contributed by atoms with Crippen molar-refractivity contribution < 1.29 is 24.2 Å². The van der Waals surface area contributed by atoms with Gasteiger partial charge >= 0.3 is 6.09 Å². The smallest absolute Gasteiger partial charge is 0.408 e. The summed E-state index contributed by atoms with van der Waals surface area (Å²) < 4.78 is 5.30. The molecular formula is C31H41N3O5. The van der Waals surface area contributed by atoms with Crippen molar-refractivity contribution in [3.8, 4) is 12.3 Å². The molecule has 0 heterocycles. The summed E-state index contributed by atoms with van der Waals surface area (Å²) >= 11 is 0. The second-order valence-corrected chi connectivity index (χ2v) is 10.5. The SMILES string of the molecule is C#Cc1ccccc1C(C(=O)Nc1c(C)cccc1C)N(CCCCC)C(=O)C(CO)NC(=O)OC(C)(C)C. The van der Waals surface area contributed by atoms with Crippen LogP contribution in [0.1, 0.15) is 75.3 Å². The van der Waals surface area contributed by atoms with Crippen molar-refractivity contribution in [2.75, 3.05) is 18.5 Å². The summed E-state index contributed by atoms with van der Waals surface area (Å²) in [5.41, 5.74) is 2.54. The van der Waals surface area contributed by atoms with E-state index >= 15 is 0 Å². The van der Waals surface area contributed by atoms with E-state index in [-0.39, 0.29) is 6.54 Å². The molecule has 0 fully saturated rings. The molecule has 0 aliphatic heterocycles. The number of alkyl carbamates (subject to hydrolysis) is 1. The largest absolute Gasteiger partial charge is 0.444 e. The van der Waals surface area contributed by atoms with E-state index in [0.717, 1.165) is 24.0 Å². The molecule has 0 aromatic heterocycles. The molecule has 0 bridgehead atoms. The topological polar surface area (TPSA) is 108 Å². The number of carbonyl (C=O) groups is 3. The van der Waals surface area contributed by atoms with Crippen molar-refractivity contribution >= 4 is 23.6 Å². The van der Waals surface area contributed by atoms with Crippen LogP contribution in [-0.2, 0) is 14.3 Å². The highest BCUT2D eigenvalue weighted by atomic mass is 16.6. The fraction of sp³-hybridized carbons (Fsp3) is 0.452. The monoisotopic (exact) mass is 535 g/mol. The number of carbonyl (C=O) groups excluding carboxylic acids is 3. The Morgan fingerprint density at radius 2 is 1.69 bits per heavy atom. The quantitative estimate of drug-likeness (QED) is 0.281. The zero-order valence-corrected chi connectivity index (χ0v) is 23.8. The number of nitrogens with zero attached hydrogens (tertiary/aromatic N) is 1. The zero-order chi connectivity index (χ0) is 29.2. The molecule has 0 radical (unpaired) electrons. The fourth-order valence-corrected chi connectivity index (χ4v) is 4.25. The highest BCUT2D eigenvalue weighted by Crippen LogP contribution is 2.29. The minimum absolute atomic E-state index is 0.211. The molecule has 8 heteroatoms. The number of terminal acetylenes is 1. The Kier molecular flexibility index (Phi) is 11.6. The first-order valence-corrected chi connectivity index (χ1v) is 13.3. The number of anilines is 1. The lowest BCUT2D eigenvalue weighted by Gasteiger charge is -2.34. The number of aliphatic hydroxyl groups excluding tert-OH is 1. The van der Waals surface area contributed by atoms with Gasteiger partial charge in [-0.15, -0.1) is 6.42 Å². The maximum Gasteiger partial charge on any atom is 0.408 e. The van der Waals surface area contributed by atoms with Gasteiger partial charge in [0.2, 0.25) is 5.91 Å². The van der Waals surface area contributed by atoms with Crippen LogP contribution in [0, 0.1) is 26.2 Å². The molecule has 0 spiro atoms. The van der Waals surface area contributed by atoms with Crippen LogP contribution in [0.5, 0.6) is 0 Å². The number of rotatable bonds is 11. The molecule has 8 nitrogen and oxygen atoms in total. The lowest BCUT2D eigenvalue weighted by molar-refractivity contribution is -0.141. The fourth-order valence-electron chi connectivity index (χ4n) is 4.25. The van der Waals surface area contributed by atoms with Gasteiger partial charge in [-0.3, -0.25) is 9.59 Å². The van der Waals surface area contributed by atoms with Crippen molar-refractivity contribution in [3.63, 3.8) is 0 Å². The Morgan fingerprint density at radius 3 is 2.26 bits per heavy atom. The van der Waals surface area contributed by atoms with Crippen LogP contribution < -0.4 is 10.6 Å². The molecule has 3 amide bonds. The van der Waals surface area contributed by atoms with Crippen molar-refractivity contribution in [3.05, 3.63) is 64.7 Å². The van der Waals surface area contributed by atoms with Gasteiger partial charge in [0.15, 0.2) is 0 Å². The van der Waals surface area contributed by atoms with Gasteiger partial charge in [-0.1, -0.05) is 62.1 Å². The lowest BCUT2D eigenvalue weighted by Crippen LogP contribution is -2.54. The van der Waals surface area contributed by atoms with E-state index < -0.39 is 42.2 Å². The Balaban J connectivity index is 2.59. The van der Waals surface area contributed by atoms with E-state index in [2.05, 4.69) is 16.6 Å².